The molecule has 12 unspecified atom stereocenters. The summed E-state index contributed by atoms with van der Waals surface area (Å²) in [6.45, 7) is 3.48. The van der Waals surface area contributed by atoms with E-state index in [2.05, 4.69) is 38.8 Å². The number of fused-ring (bicyclic) bond motifs is 1. The molecule has 234 valence electrons. The van der Waals surface area contributed by atoms with Crippen molar-refractivity contribution in [2.45, 2.75) is 72.8 Å². The van der Waals surface area contributed by atoms with Gasteiger partial charge in [-0.05, 0) is 31.6 Å². The quantitative estimate of drug-likeness (QED) is 0.174. The summed E-state index contributed by atoms with van der Waals surface area (Å²) >= 11 is 7.95. The van der Waals surface area contributed by atoms with Crippen LogP contribution >= 0.6 is 23.4 Å². The number of likely N-dealkylation sites (tertiary alicyclic amines) is 1. The van der Waals surface area contributed by atoms with Gasteiger partial charge >= 0.3 is 6.18 Å². The molecule has 0 spiro atoms. The fourth-order valence-corrected chi connectivity index (χ4v) is 8.73. The van der Waals surface area contributed by atoms with Crippen LogP contribution < -0.4 is 31.9 Å². The van der Waals surface area contributed by atoms with E-state index in [1.165, 1.54) is 23.8 Å². The molecule has 2 amide bonds. The maximum Gasteiger partial charge on any atom is 0.395 e. The Morgan fingerprint density at radius 1 is 1.00 bits per heavy atom. The van der Waals surface area contributed by atoms with Crippen LogP contribution in [0.1, 0.15) is 19.8 Å². The number of amides is 2. The molecule has 12 atom stereocenters. The lowest BCUT2D eigenvalue weighted by molar-refractivity contribution is -0.198. The molecule has 16 heteroatoms. The lowest BCUT2D eigenvalue weighted by atomic mass is 9.70. The van der Waals surface area contributed by atoms with Gasteiger partial charge in [0.25, 0.3) is 0 Å². The maximum absolute atomic E-state index is 13.7. The monoisotopic (exact) mass is 627 g/mol. The first kappa shape index (κ1) is 31.5. The van der Waals surface area contributed by atoms with Gasteiger partial charge in [0, 0.05) is 64.3 Å². The fourth-order valence-electron chi connectivity index (χ4n) is 7.03. The van der Waals surface area contributed by atoms with Crippen molar-refractivity contribution in [2.75, 3.05) is 46.9 Å². The van der Waals surface area contributed by atoms with Crippen LogP contribution in [0.2, 0.25) is 0 Å². The molecular weight excluding hydrogens is 587 g/mol. The zero-order chi connectivity index (χ0) is 29.5. The molecular formula is C25H41ClF3N7O4S. The predicted molar refractivity (Wildman–Crippen MR) is 148 cm³/mol. The summed E-state index contributed by atoms with van der Waals surface area (Å²) in [5.74, 6) is -2.51. The molecule has 0 aromatic carbocycles. The van der Waals surface area contributed by atoms with Crippen molar-refractivity contribution >= 4 is 35.2 Å². The summed E-state index contributed by atoms with van der Waals surface area (Å²) in [5.41, 5.74) is -0.510. The van der Waals surface area contributed by atoms with Crippen molar-refractivity contribution in [3.8, 4) is 0 Å². The first-order chi connectivity index (χ1) is 19.5. The number of alkyl halides is 4. The molecule has 41 heavy (non-hydrogen) atoms. The van der Waals surface area contributed by atoms with E-state index in [1.54, 1.807) is 7.11 Å². The summed E-state index contributed by atoms with van der Waals surface area (Å²) in [4.78, 5) is 28.3. The number of nitrogens with one attached hydrogen (secondary N) is 6. The van der Waals surface area contributed by atoms with Crippen molar-refractivity contribution in [1.82, 2.24) is 36.8 Å². The molecule has 5 heterocycles. The number of rotatable bonds is 6. The zero-order valence-electron chi connectivity index (χ0n) is 23.4. The van der Waals surface area contributed by atoms with Crippen molar-refractivity contribution in [1.29, 1.82) is 0 Å². The second-order valence-corrected chi connectivity index (χ2v) is 13.6. The van der Waals surface area contributed by atoms with E-state index in [1.807, 2.05) is 0 Å². The van der Waals surface area contributed by atoms with E-state index in [4.69, 9.17) is 21.1 Å². The molecule has 0 aliphatic carbocycles. The topological polar surface area (TPSA) is 128 Å². The average Bonchev–Trinajstić information content (AvgIpc) is 3.50. The Bertz CT molecular complexity index is 943. The Morgan fingerprint density at radius 2 is 1.78 bits per heavy atom. The van der Waals surface area contributed by atoms with Crippen LogP contribution in [0.15, 0.2) is 0 Å². The number of thioether (sulfide) groups is 1. The van der Waals surface area contributed by atoms with Crippen LogP contribution in [0.5, 0.6) is 0 Å². The SMILES string of the molecule is COC1NCC(C(F)(F)F)C(C(=O)N2CC3NC(NC(=O)C4CNC(C)CC4C4CC(Cl)NCC4OC)SC3C2)N1. The highest BCUT2D eigenvalue weighted by Gasteiger charge is 2.53. The molecule has 0 aromatic heterocycles. The van der Waals surface area contributed by atoms with Gasteiger partial charge in [0.15, 0.2) is 6.35 Å². The standard InChI is InChI=1S/C25H41ClF3N7O4S/c1-11-4-12(13-5-19(26)31-8-17(13)39-2)14(6-30-11)21(37)35-24-33-16-9-36(10-18(16)41-24)22(38)20-15(25(27,28)29)7-32-23(34-20)40-3/h11-20,23-24,30-34H,4-10H2,1-3H3,(H,35,37). The highest BCUT2D eigenvalue weighted by atomic mass is 35.5. The third-order valence-electron chi connectivity index (χ3n) is 9.22. The van der Waals surface area contributed by atoms with Crippen LogP contribution in [0.3, 0.4) is 0 Å². The van der Waals surface area contributed by atoms with Gasteiger partial charge in [-0.2, -0.15) is 13.2 Å². The van der Waals surface area contributed by atoms with Gasteiger partial charge < -0.3 is 25.0 Å². The molecule has 0 aromatic rings. The van der Waals surface area contributed by atoms with Gasteiger partial charge in [0.05, 0.1) is 23.4 Å². The fraction of sp³-hybridized carbons (Fsp3) is 0.920. The molecule has 0 radical (unpaired) electrons. The van der Waals surface area contributed by atoms with Crippen molar-refractivity contribution < 1.29 is 32.2 Å². The Hall–Kier alpha value is -0.910. The minimum atomic E-state index is -4.54. The largest absolute Gasteiger partial charge is 0.395 e. The third kappa shape index (κ3) is 6.93. The first-order valence-electron chi connectivity index (χ1n) is 14.2. The number of halogens is 4. The van der Waals surface area contributed by atoms with E-state index in [0.717, 1.165) is 12.8 Å². The summed E-state index contributed by atoms with van der Waals surface area (Å²) in [7, 11) is 3.05. The van der Waals surface area contributed by atoms with Gasteiger partial charge in [-0.15, -0.1) is 23.4 Å². The van der Waals surface area contributed by atoms with Crippen LogP contribution in [0.25, 0.3) is 0 Å². The van der Waals surface area contributed by atoms with Crippen molar-refractivity contribution in [3.05, 3.63) is 0 Å². The highest BCUT2D eigenvalue weighted by molar-refractivity contribution is 8.00. The zero-order valence-corrected chi connectivity index (χ0v) is 25.0. The molecule has 0 bridgehead atoms. The maximum atomic E-state index is 13.7. The molecule has 5 rings (SSSR count). The molecule has 0 saturated carbocycles. The lowest BCUT2D eigenvalue weighted by Crippen LogP contribution is -2.66. The van der Waals surface area contributed by atoms with Gasteiger partial charge in [-0.3, -0.25) is 30.9 Å². The Labute approximate surface area is 247 Å². The van der Waals surface area contributed by atoms with Crippen LogP contribution in [-0.2, 0) is 19.1 Å². The Kier molecular flexibility index (Phi) is 9.98. The Morgan fingerprint density at radius 3 is 2.46 bits per heavy atom. The molecule has 5 aliphatic heterocycles. The summed E-state index contributed by atoms with van der Waals surface area (Å²) < 4.78 is 51.9. The molecule has 5 fully saturated rings. The minimum absolute atomic E-state index is 0.0250. The van der Waals surface area contributed by atoms with Crippen molar-refractivity contribution in [2.24, 2.45) is 23.7 Å². The van der Waals surface area contributed by atoms with Crippen LogP contribution in [-0.4, -0.2) is 117 Å². The van der Waals surface area contributed by atoms with E-state index < -0.39 is 36.9 Å². The molecule has 6 N–H and O–H groups in total. The van der Waals surface area contributed by atoms with Gasteiger partial charge in [-0.1, -0.05) is 0 Å². The minimum Gasteiger partial charge on any atom is -0.380 e. The number of ether oxygens (including phenoxy) is 2. The van der Waals surface area contributed by atoms with Crippen LogP contribution in [0.4, 0.5) is 13.2 Å². The third-order valence-corrected chi connectivity index (χ3v) is 10.9. The van der Waals surface area contributed by atoms with E-state index in [9.17, 15) is 22.8 Å². The van der Waals surface area contributed by atoms with Gasteiger partial charge in [0.1, 0.15) is 11.5 Å². The second kappa shape index (κ2) is 13.0. The Balaban J connectivity index is 1.18. The number of carbonyl (C=O) groups is 2. The second-order valence-electron chi connectivity index (χ2n) is 11.8. The normalized spacial score (nSPS) is 43.5. The molecule has 5 saturated heterocycles. The highest BCUT2D eigenvalue weighted by Crippen LogP contribution is 2.39. The number of methoxy groups -OCH3 is 2. The van der Waals surface area contributed by atoms with Gasteiger partial charge in [0.2, 0.25) is 11.8 Å². The number of carbonyl (C=O) groups excluding carboxylic acids is 2. The number of hydrogen-bond acceptors (Lipinski definition) is 10. The summed E-state index contributed by atoms with van der Waals surface area (Å²) in [6, 6.07) is -1.30. The van der Waals surface area contributed by atoms with Crippen molar-refractivity contribution in [3.63, 3.8) is 0 Å². The van der Waals surface area contributed by atoms with E-state index in [0.29, 0.717) is 19.6 Å². The number of piperidine rings is 2. The summed E-state index contributed by atoms with van der Waals surface area (Å²) in [5, 5.41) is 18.5. The van der Waals surface area contributed by atoms with E-state index in [-0.39, 0.29) is 64.6 Å². The first-order valence-corrected chi connectivity index (χ1v) is 15.6. The predicted octanol–water partition coefficient (Wildman–Crippen LogP) is -0.224. The number of hydrogen-bond donors (Lipinski definition) is 6. The smallest absolute Gasteiger partial charge is 0.380 e. The summed E-state index contributed by atoms with van der Waals surface area (Å²) in [6.07, 6.45) is -3.84. The number of nitrogens with zero attached hydrogens (tertiary/aromatic N) is 1. The lowest BCUT2D eigenvalue weighted by Gasteiger charge is -2.45. The molecule has 5 aliphatic rings. The van der Waals surface area contributed by atoms with Gasteiger partial charge in [-0.25, -0.2) is 0 Å². The van der Waals surface area contributed by atoms with Crippen LogP contribution in [0, 0.1) is 23.7 Å². The molecule has 11 nitrogen and oxygen atoms in total. The average molecular weight is 628 g/mol. The van der Waals surface area contributed by atoms with E-state index >= 15 is 0 Å².